The number of benzene rings is 2. The molecule has 3 nitrogen and oxygen atoms in total. The van der Waals surface area contributed by atoms with Gasteiger partial charge in [0, 0.05) is 25.4 Å². The molecule has 2 aromatic rings. The van der Waals surface area contributed by atoms with Crippen molar-refractivity contribution in [3.63, 3.8) is 0 Å². The van der Waals surface area contributed by atoms with Crippen LogP contribution in [0.5, 0.6) is 0 Å². The van der Waals surface area contributed by atoms with Gasteiger partial charge in [-0.15, -0.1) is 0 Å². The van der Waals surface area contributed by atoms with Crippen LogP contribution < -0.4 is 5.32 Å². The minimum absolute atomic E-state index is 0.278. The molecule has 134 valence electrons. The molecule has 3 rings (SSSR count). The first-order valence-electron chi connectivity index (χ1n) is 8.74. The molecule has 1 saturated heterocycles. The van der Waals surface area contributed by atoms with Crippen molar-refractivity contribution in [3.05, 3.63) is 65.2 Å². The van der Waals surface area contributed by atoms with Crippen LogP contribution in [0.1, 0.15) is 24.0 Å². The zero-order chi connectivity index (χ0) is 17.6. The predicted molar refractivity (Wildman–Crippen MR) is 95.2 cm³/mol. The van der Waals surface area contributed by atoms with Gasteiger partial charge < -0.3 is 10.4 Å². The maximum absolute atomic E-state index is 13.3. The second-order valence-corrected chi connectivity index (χ2v) is 6.66. The average Bonchev–Trinajstić information content (AvgIpc) is 2.64. The van der Waals surface area contributed by atoms with E-state index in [1.807, 2.05) is 18.2 Å². The average molecular weight is 346 g/mol. The monoisotopic (exact) mass is 346 g/mol. The second-order valence-electron chi connectivity index (χ2n) is 6.66. The lowest BCUT2D eigenvalue weighted by molar-refractivity contribution is 0.127. The molecule has 0 saturated carbocycles. The van der Waals surface area contributed by atoms with E-state index >= 15 is 0 Å². The second kappa shape index (κ2) is 8.41. The van der Waals surface area contributed by atoms with Crippen LogP contribution in [0.4, 0.5) is 14.5 Å². The summed E-state index contributed by atoms with van der Waals surface area (Å²) in [5.41, 5.74) is 2.90. The number of rotatable bonds is 6. The Kier molecular flexibility index (Phi) is 6.00. The Labute approximate surface area is 147 Å². The molecule has 1 aliphatic heterocycles. The Balaban J connectivity index is 1.61. The van der Waals surface area contributed by atoms with Crippen molar-refractivity contribution < 1.29 is 13.9 Å². The maximum atomic E-state index is 13.3. The molecule has 0 atom stereocenters. The molecule has 1 aliphatic rings. The van der Waals surface area contributed by atoms with Crippen LogP contribution in [-0.2, 0) is 13.1 Å². The smallest absolute Gasteiger partial charge is 0.159 e. The number of hydrogen-bond donors (Lipinski definition) is 2. The van der Waals surface area contributed by atoms with Gasteiger partial charge >= 0.3 is 0 Å². The lowest BCUT2D eigenvalue weighted by atomic mass is 9.97. The molecule has 0 aromatic heterocycles. The first kappa shape index (κ1) is 17.8. The minimum Gasteiger partial charge on any atom is -0.396 e. The highest BCUT2D eigenvalue weighted by molar-refractivity contribution is 5.51. The van der Waals surface area contributed by atoms with E-state index in [0.717, 1.165) is 44.2 Å². The molecule has 1 heterocycles. The van der Waals surface area contributed by atoms with Crippen molar-refractivity contribution in [1.82, 2.24) is 4.90 Å². The Morgan fingerprint density at radius 2 is 1.80 bits per heavy atom. The van der Waals surface area contributed by atoms with Gasteiger partial charge in [0.15, 0.2) is 11.6 Å². The molecule has 0 unspecified atom stereocenters. The highest BCUT2D eigenvalue weighted by Crippen LogP contribution is 2.22. The summed E-state index contributed by atoms with van der Waals surface area (Å²) >= 11 is 0. The number of nitrogens with one attached hydrogen (secondary N) is 1. The molecule has 1 fully saturated rings. The summed E-state index contributed by atoms with van der Waals surface area (Å²) in [7, 11) is 0. The van der Waals surface area contributed by atoms with Gasteiger partial charge in [-0.1, -0.05) is 24.3 Å². The summed E-state index contributed by atoms with van der Waals surface area (Å²) in [6, 6.07) is 12.1. The quantitative estimate of drug-likeness (QED) is 0.836. The molecule has 0 radical (unpaired) electrons. The van der Waals surface area contributed by atoms with Crippen molar-refractivity contribution in [2.75, 3.05) is 25.0 Å². The molecule has 0 aliphatic carbocycles. The topological polar surface area (TPSA) is 35.5 Å². The molecule has 2 N–H and O–H groups in total. The number of aliphatic hydroxyl groups is 1. The number of likely N-dealkylation sites (tertiary alicyclic amines) is 1. The van der Waals surface area contributed by atoms with Crippen molar-refractivity contribution >= 4 is 5.69 Å². The summed E-state index contributed by atoms with van der Waals surface area (Å²) in [4.78, 5) is 2.39. The standard InChI is InChI=1S/C20H24F2N2O/c21-18-6-5-16(11-19(18)22)12-23-20-4-2-1-3-17(20)13-24-9-7-15(14-25)8-10-24/h1-6,11,15,23,25H,7-10,12-14H2. The van der Waals surface area contributed by atoms with E-state index in [1.165, 1.54) is 11.6 Å². The van der Waals surface area contributed by atoms with Gasteiger partial charge in [-0.25, -0.2) is 8.78 Å². The van der Waals surface area contributed by atoms with Gasteiger partial charge in [0.25, 0.3) is 0 Å². The predicted octanol–water partition coefficient (Wildman–Crippen LogP) is 3.78. The third-order valence-electron chi connectivity index (χ3n) is 4.84. The summed E-state index contributed by atoms with van der Waals surface area (Å²) < 4.78 is 26.4. The van der Waals surface area contributed by atoms with Crippen LogP contribution in [0.2, 0.25) is 0 Å². The van der Waals surface area contributed by atoms with Crippen molar-refractivity contribution in [2.24, 2.45) is 5.92 Å². The van der Waals surface area contributed by atoms with Crippen LogP contribution in [0.25, 0.3) is 0 Å². The zero-order valence-corrected chi connectivity index (χ0v) is 14.2. The van der Waals surface area contributed by atoms with Crippen molar-refractivity contribution in [2.45, 2.75) is 25.9 Å². The van der Waals surface area contributed by atoms with Crippen molar-refractivity contribution in [3.8, 4) is 0 Å². The Morgan fingerprint density at radius 3 is 2.52 bits per heavy atom. The van der Waals surface area contributed by atoms with Gasteiger partial charge in [-0.05, 0) is 61.2 Å². The molecule has 25 heavy (non-hydrogen) atoms. The minimum atomic E-state index is -0.824. The summed E-state index contributed by atoms with van der Waals surface area (Å²) in [6.07, 6.45) is 2.06. The molecule has 5 heteroatoms. The van der Waals surface area contributed by atoms with Crippen LogP contribution in [0.3, 0.4) is 0 Å². The molecule has 0 bridgehead atoms. The van der Waals surface area contributed by atoms with E-state index in [0.29, 0.717) is 18.0 Å². The van der Waals surface area contributed by atoms with Crippen LogP contribution in [0.15, 0.2) is 42.5 Å². The zero-order valence-electron chi connectivity index (χ0n) is 14.2. The number of para-hydroxylation sites is 1. The van der Waals surface area contributed by atoms with Gasteiger partial charge in [0.1, 0.15) is 0 Å². The van der Waals surface area contributed by atoms with Crippen LogP contribution in [-0.4, -0.2) is 29.7 Å². The van der Waals surface area contributed by atoms with E-state index in [9.17, 15) is 13.9 Å². The fraction of sp³-hybridized carbons (Fsp3) is 0.400. The summed E-state index contributed by atoms with van der Waals surface area (Å²) in [5.74, 6) is -1.22. The molecular weight excluding hydrogens is 322 g/mol. The number of halogens is 2. The third-order valence-corrected chi connectivity index (χ3v) is 4.84. The van der Waals surface area contributed by atoms with Gasteiger partial charge in [-0.2, -0.15) is 0 Å². The fourth-order valence-corrected chi connectivity index (χ4v) is 3.25. The Hall–Kier alpha value is -1.98. The molecule has 0 amide bonds. The Bertz CT molecular complexity index is 700. The largest absolute Gasteiger partial charge is 0.396 e. The van der Waals surface area contributed by atoms with Crippen LogP contribution in [0, 0.1) is 17.6 Å². The van der Waals surface area contributed by atoms with E-state index in [4.69, 9.17) is 0 Å². The van der Waals surface area contributed by atoms with E-state index in [-0.39, 0.29) is 6.61 Å². The van der Waals surface area contributed by atoms with E-state index in [2.05, 4.69) is 16.3 Å². The first-order chi connectivity index (χ1) is 12.2. The van der Waals surface area contributed by atoms with Gasteiger partial charge in [0.2, 0.25) is 0 Å². The number of nitrogens with zero attached hydrogens (tertiary/aromatic N) is 1. The van der Waals surface area contributed by atoms with E-state index < -0.39 is 11.6 Å². The molecule has 2 aromatic carbocycles. The summed E-state index contributed by atoms with van der Waals surface area (Å²) in [6.45, 7) is 3.55. The third kappa shape index (κ3) is 4.77. The lowest BCUT2D eigenvalue weighted by Gasteiger charge is -2.31. The normalized spacial score (nSPS) is 16.1. The molecular formula is C20H24F2N2O. The maximum Gasteiger partial charge on any atom is 0.159 e. The van der Waals surface area contributed by atoms with Crippen molar-refractivity contribution in [1.29, 1.82) is 0 Å². The van der Waals surface area contributed by atoms with Crippen LogP contribution >= 0.6 is 0 Å². The lowest BCUT2D eigenvalue weighted by Crippen LogP contribution is -2.34. The first-order valence-corrected chi connectivity index (χ1v) is 8.74. The van der Waals surface area contributed by atoms with Gasteiger partial charge in [0.05, 0.1) is 0 Å². The fourth-order valence-electron chi connectivity index (χ4n) is 3.25. The highest BCUT2D eigenvalue weighted by atomic mass is 19.2. The number of hydrogen-bond acceptors (Lipinski definition) is 3. The van der Waals surface area contributed by atoms with E-state index in [1.54, 1.807) is 6.07 Å². The number of aliphatic hydroxyl groups excluding tert-OH is 1. The number of anilines is 1. The SMILES string of the molecule is OCC1CCN(Cc2ccccc2NCc2ccc(F)c(F)c2)CC1. The molecule has 0 spiro atoms. The van der Waals surface area contributed by atoms with Gasteiger partial charge in [-0.3, -0.25) is 4.90 Å². The Morgan fingerprint density at radius 1 is 1.04 bits per heavy atom. The number of piperidine rings is 1. The summed E-state index contributed by atoms with van der Waals surface area (Å²) in [5, 5.41) is 12.6. The highest BCUT2D eigenvalue weighted by Gasteiger charge is 2.19.